The fourth-order valence-electron chi connectivity index (χ4n) is 5.01. The third-order valence-electron chi connectivity index (χ3n) is 7.13. The largest absolute Gasteiger partial charge is 0.481 e. The molecule has 0 heterocycles. The Kier molecular flexibility index (Phi) is 12.3. The molecule has 14 heteroatoms. The van der Waals surface area contributed by atoms with Crippen LogP contribution < -0.4 is 26.8 Å². The molecule has 2 amide bonds. The van der Waals surface area contributed by atoms with Crippen LogP contribution in [0.15, 0.2) is 24.3 Å². The Morgan fingerprint density at radius 1 is 1.07 bits per heavy atom. The first-order valence-corrected chi connectivity index (χ1v) is 15.2. The maximum Gasteiger partial charge on any atom is 0.326 e. The van der Waals surface area contributed by atoms with Crippen LogP contribution in [0.2, 0.25) is 0 Å². The molecule has 0 radical (unpaired) electrons. The first-order chi connectivity index (χ1) is 18.8. The van der Waals surface area contributed by atoms with E-state index in [9.17, 15) is 37.8 Å². The smallest absolute Gasteiger partial charge is 0.326 e. The van der Waals surface area contributed by atoms with E-state index in [0.717, 1.165) is 12.7 Å². The maximum absolute atomic E-state index is 13.5. The SMILES string of the molecule is CS(=O)(=O)Nc1cccc(C[C@H](NC(=O)C2(CC(CNC(=O)[C@@H](N)CCCCN)C(=O)O)CCCC2)C(=O)O)c1. The Morgan fingerprint density at radius 2 is 1.75 bits per heavy atom. The van der Waals surface area contributed by atoms with Gasteiger partial charge in [-0.15, -0.1) is 0 Å². The molecule has 40 heavy (non-hydrogen) atoms. The van der Waals surface area contributed by atoms with Gasteiger partial charge in [-0.2, -0.15) is 0 Å². The summed E-state index contributed by atoms with van der Waals surface area (Å²) >= 11 is 0. The number of amides is 2. The van der Waals surface area contributed by atoms with E-state index in [1.807, 2.05) is 0 Å². The number of nitrogens with one attached hydrogen (secondary N) is 3. The third-order valence-corrected chi connectivity index (χ3v) is 7.74. The van der Waals surface area contributed by atoms with E-state index in [-0.39, 0.29) is 25.1 Å². The van der Waals surface area contributed by atoms with Crippen molar-refractivity contribution >= 4 is 39.5 Å². The van der Waals surface area contributed by atoms with Gasteiger partial charge in [0.2, 0.25) is 21.8 Å². The molecule has 1 aliphatic rings. The zero-order valence-corrected chi connectivity index (χ0v) is 23.5. The number of nitrogens with two attached hydrogens (primary N) is 2. The maximum atomic E-state index is 13.5. The molecule has 1 unspecified atom stereocenters. The molecule has 13 nitrogen and oxygen atoms in total. The van der Waals surface area contributed by atoms with Crippen LogP contribution in [0.1, 0.15) is 56.9 Å². The second-order valence-corrected chi connectivity index (χ2v) is 12.3. The number of hydrogen-bond donors (Lipinski definition) is 7. The minimum absolute atomic E-state index is 0.0725. The molecule has 0 aromatic heterocycles. The number of sulfonamides is 1. The van der Waals surface area contributed by atoms with E-state index < -0.39 is 57.2 Å². The summed E-state index contributed by atoms with van der Waals surface area (Å²) in [5.41, 5.74) is 11.0. The summed E-state index contributed by atoms with van der Waals surface area (Å²) < 4.78 is 25.4. The predicted octanol–water partition coefficient (Wildman–Crippen LogP) is 0.394. The lowest BCUT2D eigenvalue weighted by molar-refractivity contribution is -0.147. The molecule has 0 bridgehead atoms. The van der Waals surface area contributed by atoms with Gasteiger partial charge in [0.1, 0.15) is 6.04 Å². The number of anilines is 1. The number of carboxylic acids is 2. The minimum atomic E-state index is -3.54. The van der Waals surface area contributed by atoms with Crippen LogP contribution in [-0.4, -0.2) is 73.8 Å². The minimum Gasteiger partial charge on any atom is -0.481 e. The molecular weight excluding hydrogens is 542 g/mol. The average Bonchev–Trinajstić information content (AvgIpc) is 3.35. The number of aliphatic carboxylic acids is 2. The zero-order chi connectivity index (χ0) is 29.9. The third kappa shape index (κ3) is 10.4. The highest BCUT2D eigenvalue weighted by atomic mass is 32.2. The summed E-state index contributed by atoms with van der Waals surface area (Å²) in [5, 5.41) is 24.8. The summed E-state index contributed by atoms with van der Waals surface area (Å²) in [6.45, 7) is 0.269. The molecule has 224 valence electrons. The van der Waals surface area contributed by atoms with E-state index in [0.29, 0.717) is 50.6 Å². The summed E-state index contributed by atoms with van der Waals surface area (Å²) in [4.78, 5) is 50.0. The van der Waals surface area contributed by atoms with E-state index in [4.69, 9.17) is 11.5 Å². The zero-order valence-electron chi connectivity index (χ0n) is 22.7. The fourth-order valence-corrected chi connectivity index (χ4v) is 5.57. The van der Waals surface area contributed by atoms with Gasteiger partial charge < -0.3 is 32.3 Å². The van der Waals surface area contributed by atoms with Gasteiger partial charge in [0.05, 0.1) is 23.6 Å². The van der Waals surface area contributed by atoms with Gasteiger partial charge >= 0.3 is 11.9 Å². The molecule has 0 aliphatic heterocycles. The average molecular weight is 584 g/mol. The molecule has 0 spiro atoms. The molecular formula is C26H41N5O8S. The van der Waals surface area contributed by atoms with Gasteiger partial charge in [0.25, 0.3) is 0 Å². The van der Waals surface area contributed by atoms with Crippen LogP contribution in [0.25, 0.3) is 0 Å². The summed E-state index contributed by atoms with van der Waals surface area (Å²) in [6.07, 6.45) is 4.73. The monoisotopic (exact) mass is 583 g/mol. The Hall–Kier alpha value is -3.23. The number of unbranched alkanes of at least 4 members (excludes halogenated alkanes) is 1. The first-order valence-electron chi connectivity index (χ1n) is 13.3. The van der Waals surface area contributed by atoms with Crippen molar-refractivity contribution in [1.82, 2.24) is 10.6 Å². The lowest BCUT2D eigenvalue weighted by atomic mass is 9.76. The van der Waals surface area contributed by atoms with Crippen LogP contribution >= 0.6 is 0 Å². The van der Waals surface area contributed by atoms with E-state index >= 15 is 0 Å². The van der Waals surface area contributed by atoms with Crippen molar-refractivity contribution in [3.05, 3.63) is 29.8 Å². The van der Waals surface area contributed by atoms with Crippen molar-refractivity contribution < 1.29 is 37.8 Å². The number of carbonyl (C=O) groups excluding carboxylic acids is 2. The molecule has 1 fully saturated rings. The fraction of sp³-hybridized carbons (Fsp3) is 0.615. The van der Waals surface area contributed by atoms with Gasteiger partial charge in [-0.1, -0.05) is 31.4 Å². The first kappa shape index (κ1) is 33.0. The van der Waals surface area contributed by atoms with Crippen molar-refractivity contribution in [1.29, 1.82) is 0 Å². The Morgan fingerprint density at radius 3 is 2.33 bits per heavy atom. The number of hydrogen-bond acceptors (Lipinski definition) is 8. The highest BCUT2D eigenvalue weighted by Crippen LogP contribution is 2.43. The van der Waals surface area contributed by atoms with E-state index in [2.05, 4.69) is 15.4 Å². The molecule has 1 aliphatic carbocycles. The van der Waals surface area contributed by atoms with E-state index in [1.165, 1.54) is 12.1 Å². The molecule has 0 saturated heterocycles. The highest BCUT2D eigenvalue weighted by molar-refractivity contribution is 7.92. The van der Waals surface area contributed by atoms with Gasteiger partial charge in [-0.3, -0.25) is 19.1 Å². The highest BCUT2D eigenvalue weighted by Gasteiger charge is 2.45. The van der Waals surface area contributed by atoms with Crippen molar-refractivity contribution in [2.75, 3.05) is 24.1 Å². The van der Waals surface area contributed by atoms with Crippen LogP contribution in [0.5, 0.6) is 0 Å². The van der Waals surface area contributed by atoms with E-state index in [1.54, 1.807) is 12.1 Å². The van der Waals surface area contributed by atoms with Crippen LogP contribution in [-0.2, 0) is 35.6 Å². The molecule has 1 saturated carbocycles. The number of rotatable bonds is 17. The van der Waals surface area contributed by atoms with Crippen molar-refractivity contribution in [3.8, 4) is 0 Å². The van der Waals surface area contributed by atoms with Crippen LogP contribution in [0, 0.1) is 11.3 Å². The molecule has 1 aromatic carbocycles. The quantitative estimate of drug-likeness (QED) is 0.125. The normalized spacial score (nSPS) is 16.9. The second kappa shape index (κ2) is 15.0. The van der Waals surface area contributed by atoms with Gasteiger partial charge in [0.15, 0.2) is 0 Å². The Labute approximate surface area is 234 Å². The lowest BCUT2D eigenvalue weighted by Crippen LogP contribution is -2.50. The van der Waals surface area contributed by atoms with Crippen LogP contribution in [0.3, 0.4) is 0 Å². The topological polar surface area (TPSA) is 231 Å². The summed E-state index contributed by atoms with van der Waals surface area (Å²) in [5.74, 6) is -4.58. The number of benzene rings is 1. The van der Waals surface area contributed by atoms with Crippen molar-refractivity contribution in [3.63, 3.8) is 0 Å². The number of carbonyl (C=O) groups is 4. The molecule has 1 aromatic rings. The van der Waals surface area contributed by atoms with Gasteiger partial charge in [-0.05, 0) is 56.3 Å². The van der Waals surface area contributed by atoms with Crippen molar-refractivity contribution in [2.24, 2.45) is 22.8 Å². The molecule has 2 rings (SSSR count). The predicted molar refractivity (Wildman–Crippen MR) is 149 cm³/mol. The number of carboxylic acid groups (broad SMARTS) is 2. The second-order valence-electron chi connectivity index (χ2n) is 10.5. The summed E-state index contributed by atoms with van der Waals surface area (Å²) in [7, 11) is -3.54. The van der Waals surface area contributed by atoms with Crippen LogP contribution in [0.4, 0.5) is 5.69 Å². The Bertz CT molecular complexity index is 1150. The molecule has 9 N–H and O–H groups in total. The summed E-state index contributed by atoms with van der Waals surface area (Å²) in [6, 6.07) is 4.06. The van der Waals surface area contributed by atoms with Gasteiger partial charge in [-0.25, -0.2) is 13.2 Å². The molecule has 3 atom stereocenters. The standard InChI is InChI=1S/C26H41N5O8S/c1-40(38,39)31-19-8-6-7-17(13-19)14-21(24(35)36)30-25(37)26(10-3-4-11-26)15-18(23(33)34)16-29-22(32)20(28)9-2-5-12-27/h6-8,13,18,20-21,31H,2-5,9-12,14-16,27-28H2,1H3,(H,29,32)(H,30,37)(H,33,34)(H,35,36)/t18?,20-,21-/m0/s1. The van der Waals surface area contributed by atoms with Crippen molar-refractivity contribution in [2.45, 2.75) is 69.9 Å². The lowest BCUT2D eigenvalue weighted by Gasteiger charge is -2.32. The Balaban J connectivity index is 2.12. The van der Waals surface area contributed by atoms with Gasteiger partial charge in [0, 0.05) is 18.7 Å².